The zero-order chi connectivity index (χ0) is 14.8. The first-order valence-corrected chi connectivity index (χ1v) is 7.72. The van der Waals surface area contributed by atoms with Crippen LogP contribution in [0.5, 0.6) is 0 Å². The molecule has 1 saturated heterocycles. The number of aromatic nitrogens is 1. The smallest absolute Gasteiger partial charge is 0.306 e. The number of nitrogens with one attached hydrogen (secondary N) is 1. The number of aliphatic carboxylic acids is 1. The number of morpholine rings is 1. The van der Waals surface area contributed by atoms with Gasteiger partial charge >= 0.3 is 5.97 Å². The Kier molecular flexibility index (Phi) is 4.28. The minimum Gasteiger partial charge on any atom is -0.481 e. The first-order chi connectivity index (χ1) is 10.1. The van der Waals surface area contributed by atoms with Crippen LogP contribution in [0.2, 0.25) is 0 Å². The second-order valence-corrected chi connectivity index (χ2v) is 6.25. The molecule has 2 heterocycles. The number of fused-ring (bicyclic) bond motifs is 1. The topological polar surface area (TPSA) is 65.6 Å². The van der Waals surface area contributed by atoms with Gasteiger partial charge in [0.15, 0.2) is 0 Å². The molecule has 0 amide bonds. The zero-order valence-corrected chi connectivity index (χ0v) is 13.1. The van der Waals surface area contributed by atoms with E-state index in [1.165, 1.54) is 10.9 Å². The Bertz CT molecular complexity index is 655. The normalized spacial score (nSPS) is 20.0. The molecule has 2 N–H and O–H groups in total. The van der Waals surface area contributed by atoms with Crippen molar-refractivity contribution in [3.8, 4) is 0 Å². The van der Waals surface area contributed by atoms with Gasteiger partial charge < -0.3 is 14.8 Å². The Hall–Kier alpha value is -1.37. The summed E-state index contributed by atoms with van der Waals surface area (Å²) in [7, 11) is 0. The molecule has 5 nitrogen and oxygen atoms in total. The van der Waals surface area contributed by atoms with Crippen LogP contribution in [0, 0.1) is 0 Å². The van der Waals surface area contributed by atoms with Gasteiger partial charge in [0.2, 0.25) is 0 Å². The van der Waals surface area contributed by atoms with Crippen LogP contribution in [0.15, 0.2) is 28.9 Å². The maximum absolute atomic E-state index is 10.8. The van der Waals surface area contributed by atoms with Crippen molar-refractivity contribution in [2.24, 2.45) is 0 Å². The first-order valence-electron chi connectivity index (χ1n) is 6.93. The number of rotatable bonds is 4. The molecule has 112 valence electrons. The second kappa shape index (κ2) is 6.17. The Labute approximate surface area is 131 Å². The van der Waals surface area contributed by atoms with Crippen LogP contribution in [0.3, 0.4) is 0 Å². The molecular formula is C15H17BrN2O3. The van der Waals surface area contributed by atoms with Crippen LogP contribution >= 0.6 is 15.9 Å². The largest absolute Gasteiger partial charge is 0.481 e. The van der Waals surface area contributed by atoms with Crippen LogP contribution in [0.25, 0.3) is 10.9 Å². The highest BCUT2D eigenvalue weighted by atomic mass is 79.9. The quantitative estimate of drug-likeness (QED) is 0.887. The molecule has 0 bridgehead atoms. The molecule has 3 rings (SSSR count). The van der Waals surface area contributed by atoms with Crippen molar-refractivity contribution in [1.82, 2.24) is 9.88 Å². The number of hydrogen-bond acceptors (Lipinski definition) is 3. The fraction of sp³-hybridized carbons (Fsp3) is 0.400. The Balaban J connectivity index is 1.72. The molecule has 0 saturated carbocycles. The molecule has 1 aliphatic heterocycles. The molecule has 21 heavy (non-hydrogen) atoms. The first kappa shape index (κ1) is 14.6. The van der Waals surface area contributed by atoms with Gasteiger partial charge in [-0.05, 0) is 23.8 Å². The van der Waals surface area contributed by atoms with Crippen molar-refractivity contribution in [1.29, 1.82) is 0 Å². The molecule has 1 aliphatic rings. The molecule has 0 spiro atoms. The third-order valence-electron chi connectivity index (χ3n) is 3.75. The van der Waals surface area contributed by atoms with E-state index in [-0.39, 0.29) is 12.5 Å². The van der Waals surface area contributed by atoms with Crippen molar-refractivity contribution in [3.05, 3.63) is 34.4 Å². The second-order valence-electron chi connectivity index (χ2n) is 5.33. The SMILES string of the molecule is O=C(O)CC1CN(Cc2c[nH]c3ccc(Br)cc23)CCO1. The summed E-state index contributed by atoms with van der Waals surface area (Å²) in [6.07, 6.45) is 1.88. The van der Waals surface area contributed by atoms with E-state index < -0.39 is 5.97 Å². The van der Waals surface area contributed by atoms with Crippen LogP contribution in [0.4, 0.5) is 0 Å². The third-order valence-corrected chi connectivity index (χ3v) is 4.24. The summed E-state index contributed by atoms with van der Waals surface area (Å²) in [4.78, 5) is 16.3. The van der Waals surface area contributed by atoms with Crippen LogP contribution < -0.4 is 0 Å². The molecule has 0 radical (unpaired) electrons. The van der Waals surface area contributed by atoms with Gasteiger partial charge in [0.25, 0.3) is 0 Å². The lowest BCUT2D eigenvalue weighted by Gasteiger charge is -2.32. The van der Waals surface area contributed by atoms with Gasteiger partial charge in [-0.25, -0.2) is 0 Å². The Morgan fingerprint density at radius 1 is 1.52 bits per heavy atom. The van der Waals surface area contributed by atoms with E-state index in [1.54, 1.807) is 0 Å². The van der Waals surface area contributed by atoms with Gasteiger partial charge in [0, 0.05) is 41.2 Å². The van der Waals surface area contributed by atoms with Crippen molar-refractivity contribution >= 4 is 32.8 Å². The van der Waals surface area contributed by atoms with Crippen molar-refractivity contribution in [2.75, 3.05) is 19.7 Å². The number of carboxylic acid groups (broad SMARTS) is 1. The minimum atomic E-state index is -0.808. The molecule has 2 aromatic rings. The average Bonchev–Trinajstić information content (AvgIpc) is 2.81. The molecule has 1 aromatic heterocycles. The summed E-state index contributed by atoms with van der Waals surface area (Å²) < 4.78 is 6.56. The van der Waals surface area contributed by atoms with Crippen molar-refractivity contribution in [2.45, 2.75) is 19.1 Å². The molecule has 1 atom stereocenters. The molecule has 1 fully saturated rings. The number of benzene rings is 1. The average molecular weight is 353 g/mol. The predicted octanol–water partition coefficient (Wildman–Crippen LogP) is 2.61. The number of nitrogens with zero attached hydrogens (tertiary/aromatic N) is 1. The van der Waals surface area contributed by atoms with E-state index in [4.69, 9.17) is 9.84 Å². The van der Waals surface area contributed by atoms with Gasteiger partial charge in [-0.2, -0.15) is 0 Å². The summed E-state index contributed by atoms with van der Waals surface area (Å²) in [6.45, 7) is 2.88. The fourth-order valence-corrected chi connectivity index (χ4v) is 3.13. The molecule has 0 aliphatic carbocycles. The number of carboxylic acids is 1. The van der Waals surface area contributed by atoms with E-state index in [0.717, 1.165) is 23.1 Å². The summed E-state index contributed by atoms with van der Waals surface area (Å²) in [5.74, 6) is -0.808. The monoisotopic (exact) mass is 352 g/mol. The predicted molar refractivity (Wildman–Crippen MR) is 83.3 cm³/mol. The van der Waals surface area contributed by atoms with E-state index in [9.17, 15) is 4.79 Å². The van der Waals surface area contributed by atoms with Crippen LogP contribution in [-0.4, -0.2) is 46.8 Å². The number of hydrogen-bond donors (Lipinski definition) is 2. The summed E-state index contributed by atoms with van der Waals surface area (Å²) in [6, 6.07) is 6.17. The third kappa shape index (κ3) is 3.45. The summed E-state index contributed by atoms with van der Waals surface area (Å²) in [5.41, 5.74) is 2.34. The lowest BCUT2D eigenvalue weighted by Crippen LogP contribution is -2.42. The Morgan fingerprint density at radius 3 is 3.19 bits per heavy atom. The highest BCUT2D eigenvalue weighted by molar-refractivity contribution is 9.10. The number of aromatic amines is 1. The highest BCUT2D eigenvalue weighted by Gasteiger charge is 2.23. The van der Waals surface area contributed by atoms with Gasteiger partial charge in [-0.3, -0.25) is 9.69 Å². The molecule has 1 aromatic carbocycles. The summed E-state index contributed by atoms with van der Waals surface area (Å²) >= 11 is 3.50. The van der Waals surface area contributed by atoms with Gasteiger partial charge in [0.1, 0.15) is 0 Å². The van der Waals surface area contributed by atoms with E-state index in [1.807, 2.05) is 12.3 Å². The van der Waals surface area contributed by atoms with Gasteiger partial charge in [-0.15, -0.1) is 0 Å². The zero-order valence-electron chi connectivity index (χ0n) is 11.5. The van der Waals surface area contributed by atoms with Crippen molar-refractivity contribution < 1.29 is 14.6 Å². The van der Waals surface area contributed by atoms with Gasteiger partial charge in [0.05, 0.1) is 19.1 Å². The minimum absolute atomic E-state index is 0.0654. The van der Waals surface area contributed by atoms with E-state index in [0.29, 0.717) is 13.2 Å². The van der Waals surface area contributed by atoms with E-state index >= 15 is 0 Å². The Morgan fingerprint density at radius 2 is 2.38 bits per heavy atom. The number of halogens is 1. The lowest BCUT2D eigenvalue weighted by atomic mass is 10.1. The lowest BCUT2D eigenvalue weighted by molar-refractivity contribution is -0.142. The number of carbonyl (C=O) groups is 1. The fourth-order valence-electron chi connectivity index (χ4n) is 2.76. The van der Waals surface area contributed by atoms with E-state index in [2.05, 4.69) is 37.9 Å². The maximum Gasteiger partial charge on any atom is 0.306 e. The molecule has 6 heteroatoms. The highest BCUT2D eigenvalue weighted by Crippen LogP contribution is 2.24. The van der Waals surface area contributed by atoms with Crippen molar-refractivity contribution in [3.63, 3.8) is 0 Å². The summed E-state index contributed by atoms with van der Waals surface area (Å²) in [5, 5.41) is 10.1. The number of H-pyrrole nitrogens is 1. The molecular weight excluding hydrogens is 336 g/mol. The van der Waals surface area contributed by atoms with Crippen LogP contribution in [-0.2, 0) is 16.1 Å². The maximum atomic E-state index is 10.8. The standard InChI is InChI=1S/C15H17BrN2O3/c16-11-1-2-14-13(5-11)10(7-17-14)8-18-3-4-21-12(9-18)6-15(19)20/h1-2,5,7,12,17H,3-4,6,8-9H2,(H,19,20). The number of ether oxygens (including phenoxy) is 1. The van der Waals surface area contributed by atoms with Crippen LogP contribution in [0.1, 0.15) is 12.0 Å². The molecule has 1 unspecified atom stereocenters. The van der Waals surface area contributed by atoms with Gasteiger partial charge in [-0.1, -0.05) is 15.9 Å².